The van der Waals surface area contributed by atoms with E-state index < -0.39 is 11.7 Å². The molecule has 1 atom stereocenters. The number of nitrogens with zero attached hydrogens (tertiary/aromatic N) is 2. The van der Waals surface area contributed by atoms with E-state index in [0.717, 1.165) is 40.2 Å². The maximum atomic E-state index is 12.8. The van der Waals surface area contributed by atoms with Crippen LogP contribution in [0.1, 0.15) is 22.3 Å². The van der Waals surface area contributed by atoms with E-state index in [0.29, 0.717) is 29.6 Å². The van der Waals surface area contributed by atoms with E-state index in [1.54, 1.807) is 6.20 Å². The summed E-state index contributed by atoms with van der Waals surface area (Å²) in [6, 6.07) is 11.1. The number of oxazole rings is 1. The van der Waals surface area contributed by atoms with Gasteiger partial charge in [0, 0.05) is 19.1 Å². The zero-order chi connectivity index (χ0) is 24.4. The zero-order valence-electron chi connectivity index (χ0n) is 18.5. The van der Waals surface area contributed by atoms with Crippen molar-refractivity contribution in [3.05, 3.63) is 83.5 Å². The molecule has 0 saturated heterocycles. The lowest BCUT2D eigenvalue weighted by Crippen LogP contribution is -2.31. The Morgan fingerprint density at radius 2 is 2.00 bits per heavy atom. The molecule has 0 radical (unpaired) electrons. The molecule has 2 aromatic heterocycles. The van der Waals surface area contributed by atoms with Crippen LogP contribution in [0.4, 0.5) is 18.3 Å². The van der Waals surface area contributed by atoms with E-state index in [4.69, 9.17) is 15.1 Å². The number of alkyl halides is 3. The average molecular weight is 498 g/mol. The Balaban J connectivity index is 1.32. The maximum absolute atomic E-state index is 12.8. The summed E-state index contributed by atoms with van der Waals surface area (Å²) in [4.78, 5) is 9.68. The van der Waals surface area contributed by atoms with Crippen molar-refractivity contribution in [2.24, 2.45) is 5.73 Å². The van der Waals surface area contributed by atoms with Gasteiger partial charge in [0.1, 0.15) is 5.69 Å². The lowest BCUT2D eigenvalue weighted by Gasteiger charge is -2.13. The fourth-order valence-electron chi connectivity index (χ4n) is 3.88. The summed E-state index contributed by atoms with van der Waals surface area (Å²) in [5.74, 6) is 0.563. The number of fused-ring (bicyclic) bond motifs is 1. The number of anilines is 1. The van der Waals surface area contributed by atoms with Crippen molar-refractivity contribution in [1.82, 2.24) is 15.3 Å². The van der Waals surface area contributed by atoms with Crippen LogP contribution in [0, 0.1) is 0 Å². The third-order valence-corrected chi connectivity index (χ3v) is 6.73. The summed E-state index contributed by atoms with van der Waals surface area (Å²) in [6.07, 6.45) is 3.05. The lowest BCUT2D eigenvalue weighted by molar-refractivity contribution is -0.137. The van der Waals surface area contributed by atoms with Crippen molar-refractivity contribution >= 4 is 22.5 Å². The van der Waals surface area contributed by atoms with Crippen LogP contribution in [0.2, 0.25) is 0 Å². The second-order valence-electron chi connectivity index (χ2n) is 8.23. The van der Waals surface area contributed by atoms with Crippen LogP contribution in [0.3, 0.4) is 0 Å². The Labute approximate surface area is 203 Å². The molecule has 4 aromatic rings. The van der Waals surface area contributed by atoms with Crippen LogP contribution in [0.15, 0.2) is 65.7 Å². The Kier molecular flexibility index (Phi) is 6.31. The van der Waals surface area contributed by atoms with E-state index in [1.165, 1.54) is 35.4 Å². The Bertz CT molecular complexity index is 1330. The van der Waals surface area contributed by atoms with E-state index in [9.17, 15) is 13.2 Å². The summed E-state index contributed by atoms with van der Waals surface area (Å²) in [7, 11) is 0. The number of rotatable bonds is 7. The highest BCUT2D eigenvalue weighted by atomic mass is 32.1. The van der Waals surface area contributed by atoms with Gasteiger partial charge in [0.15, 0.2) is 17.3 Å². The number of hydrogen-bond donors (Lipinski definition) is 3. The number of nitrogens with one attached hydrogen (secondary N) is 2. The van der Waals surface area contributed by atoms with E-state index in [1.807, 2.05) is 12.3 Å². The average Bonchev–Trinajstić information content (AvgIpc) is 3.52. The lowest BCUT2D eigenvalue weighted by atomic mass is 10.0. The first-order chi connectivity index (χ1) is 16.9. The van der Waals surface area contributed by atoms with Crippen LogP contribution >= 0.6 is 11.3 Å². The first kappa shape index (κ1) is 23.1. The fourth-order valence-corrected chi connectivity index (χ4v) is 4.86. The fraction of sp³-hybridized carbons (Fsp3) is 0.200. The van der Waals surface area contributed by atoms with Crippen molar-refractivity contribution < 1.29 is 17.6 Å². The highest BCUT2D eigenvalue weighted by Crippen LogP contribution is 2.40. The molecule has 1 aliphatic heterocycles. The summed E-state index contributed by atoms with van der Waals surface area (Å²) in [5, 5.41) is 7.15. The van der Waals surface area contributed by atoms with Gasteiger partial charge in [-0.15, -0.1) is 0 Å². The summed E-state index contributed by atoms with van der Waals surface area (Å²) in [5.41, 5.74) is 10.4. The minimum Gasteiger partial charge on any atom is -0.442 e. The van der Waals surface area contributed by atoms with E-state index in [-0.39, 0.29) is 6.04 Å². The highest BCUT2D eigenvalue weighted by molar-refractivity contribution is 7.19. The van der Waals surface area contributed by atoms with E-state index >= 15 is 0 Å². The van der Waals surface area contributed by atoms with Crippen molar-refractivity contribution in [2.45, 2.75) is 25.2 Å². The second-order valence-corrected chi connectivity index (χ2v) is 9.23. The molecule has 0 spiro atoms. The van der Waals surface area contributed by atoms with Gasteiger partial charge in [0.2, 0.25) is 0 Å². The minimum absolute atomic E-state index is 0.311. The molecule has 0 saturated carbocycles. The molecule has 0 unspecified atom stereocenters. The number of hydrogen-bond acceptors (Lipinski definition) is 7. The van der Waals surface area contributed by atoms with Gasteiger partial charge in [-0.1, -0.05) is 35.6 Å². The second kappa shape index (κ2) is 9.55. The zero-order valence-corrected chi connectivity index (χ0v) is 19.3. The molecule has 0 aliphatic carbocycles. The molecule has 180 valence electrons. The number of benzene rings is 2. The number of nitrogens with two attached hydrogens (primary N) is 1. The van der Waals surface area contributed by atoms with Gasteiger partial charge in [-0.2, -0.15) is 13.2 Å². The predicted octanol–water partition coefficient (Wildman–Crippen LogP) is 5.54. The monoisotopic (exact) mass is 497 g/mol. The summed E-state index contributed by atoms with van der Waals surface area (Å²) < 4.78 is 43.8. The smallest absolute Gasteiger partial charge is 0.416 e. The minimum atomic E-state index is -4.35. The van der Waals surface area contributed by atoms with Crippen molar-refractivity contribution in [3.8, 4) is 21.9 Å². The van der Waals surface area contributed by atoms with E-state index in [2.05, 4.69) is 33.8 Å². The first-order valence-corrected chi connectivity index (χ1v) is 11.8. The van der Waals surface area contributed by atoms with Gasteiger partial charge in [-0.05, 0) is 59.1 Å². The number of aromatic nitrogens is 2. The molecule has 0 fully saturated rings. The molecule has 0 bridgehead atoms. The van der Waals surface area contributed by atoms with Gasteiger partial charge < -0.3 is 20.8 Å². The molecular formula is C25H22F3N5OS. The SMILES string of the molecule is N[C@H](CNc1nc(-c2cnco2)c(-c2ccc3c(c2)C=CNC3)s1)Cc1ccc(C(F)(F)F)cc1. The molecule has 35 heavy (non-hydrogen) atoms. The molecule has 2 aromatic carbocycles. The molecule has 6 nitrogen and oxygen atoms in total. The highest BCUT2D eigenvalue weighted by Gasteiger charge is 2.30. The normalized spacial score (nSPS) is 13.8. The van der Waals surface area contributed by atoms with Gasteiger partial charge in [0.05, 0.1) is 16.6 Å². The molecule has 3 heterocycles. The predicted molar refractivity (Wildman–Crippen MR) is 131 cm³/mol. The van der Waals surface area contributed by atoms with Gasteiger partial charge in [-0.3, -0.25) is 0 Å². The van der Waals surface area contributed by atoms with Crippen LogP contribution < -0.4 is 16.4 Å². The Hall–Kier alpha value is -3.63. The third-order valence-electron chi connectivity index (χ3n) is 5.67. The van der Waals surface area contributed by atoms with Crippen molar-refractivity contribution in [3.63, 3.8) is 0 Å². The summed E-state index contributed by atoms with van der Waals surface area (Å²) in [6.45, 7) is 1.19. The summed E-state index contributed by atoms with van der Waals surface area (Å²) >= 11 is 1.48. The quantitative estimate of drug-likeness (QED) is 0.311. The van der Waals surface area contributed by atoms with Crippen LogP contribution in [0.5, 0.6) is 0 Å². The molecular weight excluding hydrogens is 475 g/mol. The van der Waals surface area contributed by atoms with Crippen molar-refractivity contribution in [2.75, 3.05) is 11.9 Å². The van der Waals surface area contributed by atoms with Crippen LogP contribution in [-0.2, 0) is 19.1 Å². The first-order valence-electron chi connectivity index (χ1n) is 11.0. The molecule has 5 rings (SSSR count). The maximum Gasteiger partial charge on any atom is 0.416 e. The molecule has 0 amide bonds. The Morgan fingerprint density at radius 1 is 1.17 bits per heavy atom. The number of halogens is 3. The standard InChI is InChI=1S/C25H22F3N5OS/c26-25(27,28)19-5-1-15(2-6-19)9-20(29)12-32-24-33-22(21-13-31-14-34-21)23(35-24)17-3-4-18-11-30-8-7-16(18)10-17/h1-8,10,13-14,20,30H,9,11-12,29H2,(H,32,33)/t20-/m0/s1. The molecule has 1 aliphatic rings. The topological polar surface area (TPSA) is 89.0 Å². The van der Waals surface area contributed by atoms with Gasteiger partial charge in [0.25, 0.3) is 0 Å². The Morgan fingerprint density at radius 3 is 2.74 bits per heavy atom. The van der Waals surface area contributed by atoms with Crippen LogP contribution in [-0.4, -0.2) is 22.6 Å². The third kappa shape index (κ3) is 5.23. The van der Waals surface area contributed by atoms with Gasteiger partial charge >= 0.3 is 6.18 Å². The molecule has 4 N–H and O–H groups in total. The van der Waals surface area contributed by atoms with Crippen molar-refractivity contribution in [1.29, 1.82) is 0 Å². The molecule has 10 heteroatoms. The van der Waals surface area contributed by atoms with Crippen LogP contribution in [0.25, 0.3) is 28.0 Å². The number of thiazole rings is 1. The largest absolute Gasteiger partial charge is 0.442 e. The van der Waals surface area contributed by atoms with Gasteiger partial charge in [-0.25, -0.2) is 9.97 Å².